The van der Waals surface area contributed by atoms with Crippen LogP contribution in [0.3, 0.4) is 0 Å². The predicted octanol–water partition coefficient (Wildman–Crippen LogP) is -3.24. The first-order valence-electron chi connectivity index (χ1n) is 2.84. The Morgan fingerprint density at radius 2 is 1.91 bits per heavy atom. The molecule has 0 aliphatic rings. The van der Waals surface area contributed by atoms with Crippen molar-refractivity contribution >= 4 is 11.9 Å². The number of carbonyl (C=O) groups is 2. The van der Waals surface area contributed by atoms with Crippen molar-refractivity contribution in [1.29, 1.82) is 0 Å². The highest BCUT2D eigenvalue weighted by atomic mass is 16.4. The average Bonchev–Trinajstić information content (AvgIpc) is 1.88. The highest BCUT2D eigenvalue weighted by molar-refractivity contribution is 5.93. The van der Waals surface area contributed by atoms with E-state index in [0.29, 0.717) is 0 Å². The molecule has 0 aromatic heterocycles. The molecule has 0 unspecified atom stereocenters. The summed E-state index contributed by atoms with van der Waals surface area (Å²) in [5, 5.41) is 20.2. The minimum absolute atomic E-state index is 0.481. The zero-order chi connectivity index (χ0) is 9.02. The van der Waals surface area contributed by atoms with Crippen molar-refractivity contribution in [1.82, 2.24) is 0 Å². The van der Waals surface area contributed by atoms with E-state index in [1.54, 1.807) is 0 Å². The molecule has 1 atom stereocenters. The van der Waals surface area contributed by atoms with Crippen LogP contribution in [0.4, 0.5) is 0 Å². The Labute approximate surface area is 63.1 Å². The fraction of sp³-hybridized carbons (Fsp3) is 0.333. The summed E-state index contributed by atoms with van der Waals surface area (Å²) >= 11 is 0. The first-order chi connectivity index (χ1) is 5.00. The van der Waals surface area contributed by atoms with Gasteiger partial charge >= 0.3 is 0 Å². The number of rotatable bonds is 3. The van der Waals surface area contributed by atoms with Crippen molar-refractivity contribution in [2.45, 2.75) is 13.0 Å². The van der Waals surface area contributed by atoms with Crippen LogP contribution in [0.2, 0.25) is 0 Å². The lowest BCUT2D eigenvalue weighted by atomic mass is 10.1. The third kappa shape index (κ3) is 2.38. The number of allylic oxidation sites excluding steroid dienone is 1. The van der Waals surface area contributed by atoms with Crippen molar-refractivity contribution in [2.75, 3.05) is 0 Å². The van der Waals surface area contributed by atoms with Gasteiger partial charge in [0.25, 0.3) is 0 Å². The summed E-state index contributed by atoms with van der Waals surface area (Å²) in [4.78, 5) is 20.2. The van der Waals surface area contributed by atoms with Gasteiger partial charge in [-0.05, 0) is 12.5 Å². The Morgan fingerprint density at radius 3 is 2.00 bits per heavy atom. The fourth-order valence-corrected chi connectivity index (χ4v) is 0.551. The van der Waals surface area contributed by atoms with Crippen LogP contribution in [0, 0.1) is 0 Å². The van der Waals surface area contributed by atoms with Crippen LogP contribution in [0.5, 0.6) is 0 Å². The summed E-state index contributed by atoms with van der Waals surface area (Å²) in [5.41, 5.74) is 4.44. The lowest BCUT2D eigenvalue weighted by Crippen LogP contribution is -2.47. The van der Waals surface area contributed by atoms with Crippen LogP contribution in [0.1, 0.15) is 6.92 Å². The zero-order valence-electron chi connectivity index (χ0n) is 5.87. The Balaban J connectivity index is 4.54. The third-order valence-electron chi connectivity index (χ3n) is 1.14. The van der Waals surface area contributed by atoms with Crippen molar-refractivity contribution in [2.24, 2.45) is 5.73 Å². The molecule has 0 saturated carbocycles. The molecular weight excluding hydrogens is 150 g/mol. The number of carbonyl (C=O) groups excluding carboxylic acids is 2. The van der Waals surface area contributed by atoms with E-state index in [0.717, 1.165) is 6.08 Å². The van der Waals surface area contributed by atoms with Gasteiger partial charge in [-0.15, -0.1) is 0 Å². The Bertz CT molecular complexity index is 209. The van der Waals surface area contributed by atoms with Gasteiger partial charge in [-0.1, -0.05) is 6.08 Å². The molecule has 0 aromatic rings. The van der Waals surface area contributed by atoms with E-state index in [1.807, 2.05) is 0 Å². The summed E-state index contributed by atoms with van der Waals surface area (Å²) < 4.78 is 0. The molecule has 0 fully saturated rings. The second-order valence-electron chi connectivity index (χ2n) is 1.83. The molecule has 11 heavy (non-hydrogen) atoms. The van der Waals surface area contributed by atoms with Crippen LogP contribution >= 0.6 is 0 Å². The molecule has 5 nitrogen and oxygen atoms in total. The standard InChI is InChI=1S/C6H9NO4/c1-2-3(5(8)9)4(7)6(10)11/h2,4H,7H2,1H3,(H,8,9)(H,10,11)/p-2/t4-/m0/s1. The van der Waals surface area contributed by atoms with E-state index >= 15 is 0 Å². The van der Waals surface area contributed by atoms with Crippen LogP contribution < -0.4 is 15.9 Å². The number of nitrogens with two attached hydrogens (primary N) is 1. The van der Waals surface area contributed by atoms with E-state index in [1.165, 1.54) is 6.92 Å². The van der Waals surface area contributed by atoms with E-state index in [2.05, 4.69) is 0 Å². The smallest absolute Gasteiger partial charge is 0.0713 e. The number of aliphatic carboxylic acids is 2. The molecule has 0 aromatic carbocycles. The molecular formula is C6H7NO4-2. The minimum atomic E-state index is -1.64. The molecule has 0 heterocycles. The second kappa shape index (κ2) is 3.72. The van der Waals surface area contributed by atoms with Gasteiger partial charge in [0.05, 0.1) is 18.0 Å². The van der Waals surface area contributed by atoms with Gasteiger partial charge in [0.15, 0.2) is 0 Å². The highest BCUT2D eigenvalue weighted by Crippen LogP contribution is 1.96. The summed E-state index contributed by atoms with van der Waals surface area (Å²) in [7, 11) is 0. The predicted molar refractivity (Wildman–Crippen MR) is 31.7 cm³/mol. The largest absolute Gasteiger partial charge is 0.548 e. The van der Waals surface area contributed by atoms with E-state index in [4.69, 9.17) is 5.73 Å². The molecule has 0 aliphatic carbocycles. The topological polar surface area (TPSA) is 106 Å². The number of hydrogen-bond acceptors (Lipinski definition) is 5. The van der Waals surface area contributed by atoms with Crippen LogP contribution in [-0.2, 0) is 9.59 Å². The summed E-state index contributed by atoms with van der Waals surface area (Å²) in [6.07, 6.45) is 1.07. The first kappa shape index (κ1) is 9.64. The van der Waals surface area contributed by atoms with Gasteiger partial charge in [0.2, 0.25) is 0 Å². The van der Waals surface area contributed by atoms with Gasteiger partial charge in [-0.25, -0.2) is 0 Å². The lowest BCUT2D eigenvalue weighted by Gasteiger charge is -2.16. The maximum absolute atomic E-state index is 10.1. The van der Waals surface area contributed by atoms with Gasteiger partial charge in [-0.2, -0.15) is 0 Å². The van der Waals surface area contributed by atoms with Gasteiger partial charge < -0.3 is 25.5 Å². The summed E-state index contributed by atoms with van der Waals surface area (Å²) in [6.45, 7) is 1.36. The Morgan fingerprint density at radius 1 is 1.45 bits per heavy atom. The monoisotopic (exact) mass is 157 g/mol. The Hall–Kier alpha value is -1.36. The van der Waals surface area contributed by atoms with Crippen molar-refractivity contribution in [3.05, 3.63) is 11.6 Å². The first-order valence-corrected chi connectivity index (χ1v) is 2.84. The van der Waals surface area contributed by atoms with Crippen LogP contribution in [0.15, 0.2) is 11.6 Å². The van der Waals surface area contributed by atoms with E-state index in [9.17, 15) is 19.8 Å². The van der Waals surface area contributed by atoms with E-state index in [-0.39, 0.29) is 0 Å². The van der Waals surface area contributed by atoms with E-state index < -0.39 is 23.6 Å². The van der Waals surface area contributed by atoms with Gasteiger partial charge in [0.1, 0.15) is 0 Å². The molecule has 0 rings (SSSR count). The minimum Gasteiger partial charge on any atom is -0.548 e. The van der Waals surface area contributed by atoms with Crippen LogP contribution in [-0.4, -0.2) is 18.0 Å². The SMILES string of the molecule is CC=C(C(=O)[O-])[C@H](N)C(=O)[O-]. The van der Waals surface area contributed by atoms with Crippen LogP contribution in [0.25, 0.3) is 0 Å². The average molecular weight is 157 g/mol. The summed E-state index contributed by atoms with van der Waals surface area (Å²) in [5.74, 6) is -3.23. The molecule has 0 saturated heterocycles. The maximum Gasteiger partial charge on any atom is 0.0713 e. The van der Waals surface area contributed by atoms with Crippen molar-refractivity contribution in [3.63, 3.8) is 0 Å². The third-order valence-corrected chi connectivity index (χ3v) is 1.14. The normalized spacial score (nSPS) is 14.2. The molecule has 0 radical (unpaired) electrons. The zero-order valence-corrected chi connectivity index (χ0v) is 5.87. The number of hydrogen-bond donors (Lipinski definition) is 1. The quantitative estimate of drug-likeness (QED) is 0.433. The Kier molecular flexibility index (Phi) is 3.26. The fourth-order valence-electron chi connectivity index (χ4n) is 0.551. The van der Waals surface area contributed by atoms with Crippen molar-refractivity contribution in [3.8, 4) is 0 Å². The molecule has 0 aliphatic heterocycles. The molecule has 0 bridgehead atoms. The summed E-state index contributed by atoms with van der Waals surface area (Å²) in [6, 6.07) is -1.62. The lowest BCUT2D eigenvalue weighted by molar-refractivity contribution is -0.311. The number of carboxylic acids is 2. The maximum atomic E-state index is 10.1. The second-order valence-corrected chi connectivity index (χ2v) is 1.83. The molecule has 0 spiro atoms. The highest BCUT2D eigenvalue weighted by Gasteiger charge is 2.09. The number of carboxylic acid groups (broad SMARTS) is 2. The molecule has 2 N–H and O–H groups in total. The van der Waals surface area contributed by atoms with Gasteiger partial charge in [-0.3, -0.25) is 0 Å². The van der Waals surface area contributed by atoms with Crippen molar-refractivity contribution < 1.29 is 19.8 Å². The molecule has 0 amide bonds. The van der Waals surface area contributed by atoms with Gasteiger partial charge in [0, 0.05) is 0 Å². The molecule has 5 heteroatoms. The molecule has 62 valence electrons.